The highest BCUT2D eigenvalue weighted by Gasteiger charge is 2.25. The minimum absolute atomic E-state index is 0.111. The zero-order chi connectivity index (χ0) is 22.0. The number of benzene rings is 1. The Hall–Kier alpha value is -3.12. The number of carbonyl (C=O) groups excluding carboxylic acids is 1. The summed E-state index contributed by atoms with van der Waals surface area (Å²) in [7, 11) is 0. The Morgan fingerprint density at radius 1 is 1.42 bits per heavy atom. The highest BCUT2D eigenvalue weighted by molar-refractivity contribution is 14.1. The predicted molar refractivity (Wildman–Crippen MR) is 122 cm³/mol. The molecule has 0 aliphatic heterocycles. The van der Waals surface area contributed by atoms with Crippen LogP contribution in [0, 0.1) is 16.3 Å². The largest absolute Gasteiger partial charge is 0.499 e. The van der Waals surface area contributed by atoms with Gasteiger partial charge in [0.1, 0.15) is 36.7 Å². The molecule has 1 amide bonds. The molecule has 160 valence electrons. The molecule has 0 unspecified atom stereocenters. The van der Waals surface area contributed by atoms with Crippen LogP contribution in [-0.4, -0.2) is 28.5 Å². The van der Waals surface area contributed by atoms with E-state index in [0.29, 0.717) is 11.1 Å². The fourth-order valence-electron chi connectivity index (χ4n) is 3.23. The summed E-state index contributed by atoms with van der Waals surface area (Å²) in [6.45, 7) is 5.64. The smallest absolute Gasteiger partial charge is 0.282 e. The first-order chi connectivity index (χ1) is 15.0. The average Bonchev–Trinajstić information content (AvgIpc) is 3.36. The van der Waals surface area contributed by atoms with E-state index in [9.17, 15) is 9.18 Å². The number of furan rings is 1. The van der Waals surface area contributed by atoms with Crippen LogP contribution in [0.25, 0.3) is 16.5 Å². The highest BCUT2D eigenvalue weighted by atomic mass is 127. The number of imidazole rings is 1. The lowest BCUT2D eigenvalue weighted by molar-refractivity contribution is 0.0145. The number of pyridine rings is 1. The van der Waals surface area contributed by atoms with Gasteiger partial charge in [-0.25, -0.2) is 14.9 Å². The van der Waals surface area contributed by atoms with Crippen molar-refractivity contribution in [1.82, 2.24) is 14.9 Å². The zero-order valence-corrected chi connectivity index (χ0v) is 18.6. The molecule has 0 spiro atoms. The number of anilines is 2. The molecule has 10 heteroatoms. The van der Waals surface area contributed by atoms with Crippen LogP contribution in [0.3, 0.4) is 0 Å². The number of aryl methyl sites for hydroxylation is 1. The maximum Gasteiger partial charge on any atom is 0.282 e. The Kier molecular flexibility index (Phi) is 6.09. The van der Waals surface area contributed by atoms with Gasteiger partial charge in [0.2, 0.25) is 0 Å². The molecule has 2 N–H and O–H groups in total. The molecule has 0 saturated carbocycles. The molecule has 0 fully saturated rings. The van der Waals surface area contributed by atoms with Crippen molar-refractivity contribution < 1.29 is 23.2 Å². The molecule has 8 nitrogen and oxygen atoms in total. The fraction of sp³-hybridized carbons (Fsp3) is 0.143. The average molecular weight is 536 g/mol. The molecule has 0 bridgehead atoms. The third-order valence-corrected chi connectivity index (χ3v) is 5.24. The fourth-order valence-corrected chi connectivity index (χ4v) is 3.68. The van der Waals surface area contributed by atoms with Gasteiger partial charge in [0.15, 0.2) is 5.58 Å². The molecular weight excluding hydrogens is 518 g/mol. The Bertz CT molecular complexity index is 1280. The number of fused-ring (bicyclic) bond motifs is 3. The third kappa shape index (κ3) is 4.08. The second-order valence-electron chi connectivity index (χ2n) is 6.56. The van der Waals surface area contributed by atoms with Crippen molar-refractivity contribution in [3.8, 4) is 0 Å². The number of hydroxylamine groups is 1. The summed E-state index contributed by atoms with van der Waals surface area (Å²) in [4.78, 5) is 22.5. The number of ether oxygens (including phenoxy) is 1. The van der Waals surface area contributed by atoms with E-state index in [4.69, 9.17) is 14.0 Å². The van der Waals surface area contributed by atoms with E-state index < -0.39 is 11.7 Å². The Morgan fingerprint density at radius 3 is 3.03 bits per heavy atom. The molecule has 3 heterocycles. The molecule has 1 aromatic carbocycles. The summed E-state index contributed by atoms with van der Waals surface area (Å²) in [6.07, 6.45) is 6.04. The molecule has 0 aliphatic carbocycles. The van der Waals surface area contributed by atoms with Gasteiger partial charge in [0.25, 0.3) is 5.91 Å². The quantitative estimate of drug-likeness (QED) is 0.147. The number of rotatable bonds is 8. The minimum Gasteiger partial charge on any atom is -0.499 e. The Morgan fingerprint density at radius 2 is 2.26 bits per heavy atom. The van der Waals surface area contributed by atoms with Gasteiger partial charge in [-0.15, -0.1) is 0 Å². The first-order valence-corrected chi connectivity index (χ1v) is 10.3. The van der Waals surface area contributed by atoms with E-state index >= 15 is 0 Å². The normalized spacial score (nSPS) is 11.1. The highest BCUT2D eigenvalue weighted by Crippen LogP contribution is 2.35. The van der Waals surface area contributed by atoms with Gasteiger partial charge in [0, 0.05) is 8.96 Å². The summed E-state index contributed by atoms with van der Waals surface area (Å²) in [5, 5.41) is 3.75. The number of hydrogen-bond acceptors (Lipinski definition) is 6. The lowest BCUT2D eigenvalue weighted by Gasteiger charge is -2.16. The van der Waals surface area contributed by atoms with Gasteiger partial charge in [-0.2, -0.15) is 0 Å². The molecule has 0 saturated heterocycles. The van der Waals surface area contributed by atoms with Gasteiger partial charge in [0.05, 0.1) is 29.9 Å². The second-order valence-corrected chi connectivity index (χ2v) is 7.81. The van der Waals surface area contributed by atoms with E-state index in [-0.39, 0.29) is 30.3 Å². The number of nitrogens with one attached hydrogen (secondary N) is 2. The number of carbonyl (C=O) groups is 1. The summed E-state index contributed by atoms with van der Waals surface area (Å²) < 4.78 is 27.7. The molecule has 0 radical (unpaired) electrons. The van der Waals surface area contributed by atoms with E-state index in [2.05, 4.69) is 22.4 Å². The van der Waals surface area contributed by atoms with E-state index in [0.717, 1.165) is 14.5 Å². The van der Waals surface area contributed by atoms with Crippen LogP contribution in [0.1, 0.15) is 15.9 Å². The van der Waals surface area contributed by atoms with Crippen molar-refractivity contribution in [3.63, 3.8) is 0 Å². The first-order valence-electron chi connectivity index (χ1n) is 9.23. The van der Waals surface area contributed by atoms with E-state index in [1.165, 1.54) is 12.3 Å². The van der Waals surface area contributed by atoms with Crippen LogP contribution >= 0.6 is 22.6 Å². The van der Waals surface area contributed by atoms with Crippen molar-refractivity contribution >= 4 is 56.5 Å². The van der Waals surface area contributed by atoms with Crippen molar-refractivity contribution in [3.05, 3.63) is 70.3 Å². The lowest BCUT2D eigenvalue weighted by atomic mass is 10.1. The number of amides is 1. The van der Waals surface area contributed by atoms with Crippen LogP contribution in [0.4, 0.5) is 15.9 Å². The SMILES string of the molecule is C=COCCONC(=O)c1c(Nc2ccc(I)cc2F)n2cncc2c2c(C)coc12. The molecule has 3 aromatic heterocycles. The Labute approximate surface area is 190 Å². The topological polar surface area (TPSA) is 90.0 Å². The Balaban J connectivity index is 1.82. The number of nitrogens with zero attached hydrogens (tertiary/aromatic N) is 2. The molecular formula is C21H18FIN4O4. The van der Waals surface area contributed by atoms with Crippen LogP contribution < -0.4 is 10.8 Å². The maximum absolute atomic E-state index is 14.6. The van der Waals surface area contributed by atoms with Gasteiger partial charge < -0.3 is 14.5 Å². The van der Waals surface area contributed by atoms with Crippen molar-refractivity contribution in [1.29, 1.82) is 0 Å². The maximum atomic E-state index is 14.6. The zero-order valence-electron chi connectivity index (χ0n) is 16.4. The van der Waals surface area contributed by atoms with Gasteiger partial charge in [-0.05, 0) is 53.3 Å². The molecule has 0 aliphatic rings. The molecule has 4 rings (SSSR count). The molecule has 4 aromatic rings. The van der Waals surface area contributed by atoms with E-state index in [1.807, 2.05) is 29.5 Å². The van der Waals surface area contributed by atoms with Crippen molar-refractivity contribution in [2.75, 3.05) is 18.5 Å². The van der Waals surface area contributed by atoms with Crippen molar-refractivity contribution in [2.45, 2.75) is 6.92 Å². The molecule has 0 atom stereocenters. The van der Waals surface area contributed by atoms with Gasteiger partial charge >= 0.3 is 0 Å². The molecule has 31 heavy (non-hydrogen) atoms. The second kappa shape index (κ2) is 8.94. The minimum atomic E-state index is -0.568. The summed E-state index contributed by atoms with van der Waals surface area (Å²) >= 11 is 2.03. The summed E-state index contributed by atoms with van der Waals surface area (Å²) in [6, 6.07) is 4.75. The first kappa shape index (κ1) is 21.1. The van der Waals surface area contributed by atoms with E-state index in [1.54, 1.807) is 35.3 Å². The predicted octanol–water partition coefficient (Wildman–Crippen LogP) is 4.70. The van der Waals surface area contributed by atoms with Crippen molar-refractivity contribution in [2.24, 2.45) is 0 Å². The summed E-state index contributed by atoms with van der Waals surface area (Å²) in [5.41, 5.74) is 4.62. The van der Waals surface area contributed by atoms with Crippen LogP contribution in [0.2, 0.25) is 0 Å². The summed E-state index contributed by atoms with van der Waals surface area (Å²) in [5.74, 6) is -0.736. The monoisotopic (exact) mass is 536 g/mol. The number of hydrogen-bond donors (Lipinski definition) is 2. The van der Waals surface area contributed by atoms with Gasteiger partial charge in [-0.3, -0.25) is 14.0 Å². The van der Waals surface area contributed by atoms with Crippen LogP contribution in [-0.2, 0) is 9.57 Å². The standard InChI is InChI=1S/C21H18FIN4O4/c1-3-29-6-7-31-26-21(28)18-19-17(12(2)10-30-19)16-9-24-11-27(16)20(18)25-15-5-4-13(23)8-14(15)22/h3-5,8-11,25H,1,6-7H2,2H3,(H,26,28). The number of halogens is 2. The number of aromatic nitrogens is 2. The van der Waals surface area contributed by atoms with Crippen LogP contribution in [0.5, 0.6) is 0 Å². The lowest BCUT2D eigenvalue weighted by Crippen LogP contribution is -2.27. The third-order valence-electron chi connectivity index (χ3n) is 4.57. The van der Waals surface area contributed by atoms with Crippen LogP contribution in [0.15, 0.2) is 54.2 Å². The van der Waals surface area contributed by atoms with Gasteiger partial charge in [-0.1, -0.05) is 6.58 Å².